The number of rotatable bonds is 3. The average molecular weight is 276 g/mol. The zero-order valence-electron chi connectivity index (χ0n) is 10.8. The van der Waals surface area contributed by atoms with Crippen LogP contribution in [0.3, 0.4) is 0 Å². The van der Waals surface area contributed by atoms with Gasteiger partial charge in [0.15, 0.2) is 0 Å². The van der Waals surface area contributed by atoms with Crippen LogP contribution in [0.4, 0.5) is 0 Å². The van der Waals surface area contributed by atoms with Crippen molar-refractivity contribution in [2.75, 3.05) is 7.05 Å². The maximum absolute atomic E-state index is 12.1. The molecule has 2 aromatic rings. The van der Waals surface area contributed by atoms with Gasteiger partial charge in [0.1, 0.15) is 5.69 Å². The van der Waals surface area contributed by atoms with E-state index in [1.165, 1.54) is 6.20 Å². The van der Waals surface area contributed by atoms with Crippen molar-refractivity contribution in [3.63, 3.8) is 0 Å². The minimum absolute atomic E-state index is 0.160. The van der Waals surface area contributed by atoms with Gasteiger partial charge in [0.2, 0.25) is 0 Å². The molecule has 0 N–H and O–H groups in total. The van der Waals surface area contributed by atoms with Crippen LogP contribution in [0.25, 0.3) is 0 Å². The van der Waals surface area contributed by atoms with Crippen LogP contribution < -0.4 is 0 Å². The monoisotopic (exact) mass is 275 g/mol. The maximum atomic E-state index is 12.1. The zero-order chi connectivity index (χ0) is 13.8. The molecule has 0 atom stereocenters. The molecule has 0 aliphatic carbocycles. The highest BCUT2D eigenvalue weighted by molar-refractivity contribution is 6.30. The molecule has 98 valence electrons. The molecule has 0 saturated heterocycles. The summed E-state index contributed by atoms with van der Waals surface area (Å²) in [6.45, 7) is 2.31. The Morgan fingerprint density at radius 3 is 2.74 bits per heavy atom. The molecule has 0 fully saturated rings. The Kier molecular flexibility index (Phi) is 4.12. The van der Waals surface area contributed by atoms with Gasteiger partial charge in [-0.2, -0.15) is 0 Å². The van der Waals surface area contributed by atoms with Crippen molar-refractivity contribution in [3.05, 3.63) is 58.6 Å². The first-order chi connectivity index (χ1) is 9.06. The van der Waals surface area contributed by atoms with Crippen LogP contribution in [0.2, 0.25) is 5.02 Å². The third-order valence-corrected chi connectivity index (χ3v) is 2.89. The lowest BCUT2D eigenvalue weighted by Gasteiger charge is -2.16. The fraction of sp³-hybridized carbons (Fsp3) is 0.214. The van der Waals surface area contributed by atoms with Crippen LogP contribution in [-0.4, -0.2) is 27.8 Å². The van der Waals surface area contributed by atoms with Crippen molar-refractivity contribution in [1.82, 2.24) is 14.9 Å². The van der Waals surface area contributed by atoms with Gasteiger partial charge < -0.3 is 4.90 Å². The predicted octanol–water partition coefficient (Wildman–Crippen LogP) is 2.71. The number of carbonyl (C=O) groups is 1. The minimum Gasteiger partial charge on any atom is -0.336 e. The SMILES string of the molecule is Cc1cnc(C(=O)N(C)Cc2cccc(Cl)c2)cn1. The van der Waals surface area contributed by atoms with E-state index in [2.05, 4.69) is 9.97 Å². The Bertz CT molecular complexity index is 583. The first-order valence-corrected chi connectivity index (χ1v) is 6.22. The third-order valence-electron chi connectivity index (χ3n) is 2.66. The molecule has 5 heteroatoms. The first-order valence-electron chi connectivity index (χ1n) is 5.85. The summed E-state index contributed by atoms with van der Waals surface area (Å²) < 4.78 is 0. The summed E-state index contributed by atoms with van der Waals surface area (Å²) in [6, 6.07) is 7.43. The van der Waals surface area contributed by atoms with Crippen LogP contribution in [0.5, 0.6) is 0 Å². The molecule has 1 aromatic heterocycles. The molecule has 1 amide bonds. The van der Waals surface area contributed by atoms with Crippen molar-refractivity contribution in [2.45, 2.75) is 13.5 Å². The van der Waals surface area contributed by atoms with E-state index in [9.17, 15) is 4.79 Å². The molecule has 0 saturated carbocycles. The van der Waals surface area contributed by atoms with E-state index >= 15 is 0 Å². The smallest absolute Gasteiger partial charge is 0.274 e. The molecule has 0 aliphatic heterocycles. The van der Waals surface area contributed by atoms with Crippen LogP contribution in [0, 0.1) is 6.92 Å². The predicted molar refractivity (Wildman–Crippen MR) is 74.0 cm³/mol. The van der Waals surface area contributed by atoms with Crippen molar-refractivity contribution < 1.29 is 4.79 Å². The number of halogens is 1. The fourth-order valence-electron chi connectivity index (χ4n) is 1.68. The summed E-state index contributed by atoms with van der Waals surface area (Å²) in [5.41, 5.74) is 2.10. The average Bonchev–Trinajstić information content (AvgIpc) is 2.39. The lowest BCUT2D eigenvalue weighted by atomic mass is 10.2. The van der Waals surface area contributed by atoms with Gasteiger partial charge in [-0.15, -0.1) is 0 Å². The molecule has 0 radical (unpaired) electrons. The molecule has 1 heterocycles. The van der Waals surface area contributed by atoms with Crippen molar-refractivity contribution in [1.29, 1.82) is 0 Å². The summed E-state index contributed by atoms with van der Waals surface area (Å²) >= 11 is 5.92. The van der Waals surface area contributed by atoms with Gasteiger partial charge in [-0.3, -0.25) is 9.78 Å². The quantitative estimate of drug-likeness (QED) is 0.865. The van der Waals surface area contributed by atoms with Crippen molar-refractivity contribution in [3.8, 4) is 0 Å². The standard InChI is InChI=1S/C14H14ClN3O/c1-10-7-17-13(8-16-10)14(19)18(2)9-11-4-3-5-12(15)6-11/h3-8H,9H2,1-2H3. The number of aryl methyl sites for hydroxylation is 1. The van der Waals surface area contributed by atoms with Crippen LogP contribution in [-0.2, 0) is 6.54 Å². The Hall–Kier alpha value is -1.94. The number of nitrogens with zero attached hydrogens (tertiary/aromatic N) is 3. The molecular weight excluding hydrogens is 262 g/mol. The largest absolute Gasteiger partial charge is 0.336 e. The second kappa shape index (κ2) is 5.80. The fourth-order valence-corrected chi connectivity index (χ4v) is 1.89. The van der Waals surface area contributed by atoms with Gasteiger partial charge in [-0.1, -0.05) is 23.7 Å². The number of hydrogen-bond acceptors (Lipinski definition) is 3. The van der Waals surface area contributed by atoms with E-state index in [0.29, 0.717) is 17.3 Å². The highest BCUT2D eigenvalue weighted by Crippen LogP contribution is 2.13. The second-order valence-electron chi connectivity index (χ2n) is 4.33. The summed E-state index contributed by atoms with van der Waals surface area (Å²) in [4.78, 5) is 21.9. The van der Waals surface area contributed by atoms with Gasteiger partial charge in [0.05, 0.1) is 11.9 Å². The molecule has 19 heavy (non-hydrogen) atoms. The molecule has 0 unspecified atom stereocenters. The minimum atomic E-state index is -0.160. The Morgan fingerprint density at radius 2 is 2.11 bits per heavy atom. The molecule has 0 aliphatic rings. The van der Waals surface area contributed by atoms with E-state index in [4.69, 9.17) is 11.6 Å². The summed E-state index contributed by atoms with van der Waals surface area (Å²) in [6.07, 6.45) is 3.08. The Balaban J connectivity index is 2.09. The molecular formula is C14H14ClN3O. The van der Waals surface area contributed by atoms with Crippen molar-refractivity contribution >= 4 is 17.5 Å². The number of benzene rings is 1. The highest BCUT2D eigenvalue weighted by atomic mass is 35.5. The van der Waals surface area contributed by atoms with Gasteiger partial charge in [-0.05, 0) is 24.6 Å². The van der Waals surface area contributed by atoms with E-state index in [0.717, 1.165) is 11.3 Å². The second-order valence-corrected chi connectivity index (χ2v) is 4.77. The maximum Gasteiger partial charge on any atom is 0.274 e. The van der Waals surface area contributed by atoms with Crippen molar-refractivity contribution in [2.24, 2.45) is 0 Å². The molecule has 2 rings (SSSR count). The summed E-state index contributed by atoms with van der Waals surface area (Å²) in [5, 5.41) is 0.661. The first kappa shape index (κ1) is 13.5. The molecule has 4 nitrogen and oxygen atoms in total. The Morgan fingerprint density at radius 1 is 1.32 bits per heavy atom. The van der Waals surface area contributed by atoms with Gasteiger partial charge in [0.25, 0.3) is 5.91 Å². The molecule has 0 bridgehead atoms. The topological polar surface area (TPSA) is 46.1 Å². The number of hydrogen-bond donors (Lipinski definition) is 0. The van der Waals surface area contributed by atoms with E-state index in [1.54, 1.807) is 24.2 Å². The van der Waals surface area contributed by atoms with Crippen LogP contribution >= 0.6 is 11.6 Å². The normalized spacial score (nSPS) is 10.3. The number of amides is 1. The zero-order valence-corrected chi connectivity index (χ0v) is 11.6. The van der Waals surface area contributed by atoms with E-state index in [1.807, 2.05) is 25.1 Å². The number of carbonyl (C=O) groups excluding carboxylic acids is 1. The van der Waals surface area contributed by atoms with Crippen LogP contribution in [0.1, 0.15) is 21.7 Å². The summed E-state index contributed by atoms with van der Waals surface area (Å²) in [5.74, 6) is -0.160. The van der Waals surface area contributed by atoms with Gasteiger partial charge in [0, 0.05) is 24.8 Å². The molecule has 1 aromatic carbocycles. The summed E-state index contributed by atoms with van der Waals surface area (Å²) in [7, 11) is 1.73. The van der Waals surface area contributed by atoms with E-state index < -0.39 is 0 Å². The van der Waals surface area contributed by atoms with E-state index in [-0.39, 0.29) is 5.91 Å². The van der Waals surface area contributed by atoms with Crippen LogP contribution in [0.15, 0.2) is 36.7 Å². The highest BCUT2D eigenvalue weighted by Gasteiger charge is 2.13. The lowest BCUT2D eigenvalue weighted by Crippen LogP contribution is -2.27. The Labute approximate surface area is 117 Å². The molecule has 0 spiro atoms. The van der Waals surface area contributed by atoms with Gasteiger partial charge >= 0.3 is 0 Å². The van der Waals surface area contributed by atoms with Gasteiger partial charge in [-0.25, -0.2) is 4.98 Å². The number of aromatic nitrogens is 2. The lowest BCUT2D eigenvalue weighted by molar-refractivity contribution is 0.0779. The third kappa shape index (κ3) is 3.51.